The number of nitrogens with one attached hydrogen (secondary N) is 2. The quantitative estimate of drug-likeness (QED) is 0.368. The normalized spacial score (nSPS) is 18.3. The zero-order chi connectivity index (χ0) is 26.8. The summed E-state index contributed by atoms with van der Waals surface area (Å²) in [6.45, 7) is 4.59. The highest BCUT2D eigenvalue weighted by atomic mass is 32.2. The van der Waals surface area contributed by atoms with E-state index in [4.69, 9.17) is 0 Å². The Morgan fingerprint density at radius 1 is 1.11 bits per heavy atom. The van der Waals surface area contributed by atoms with Crippen LogP contribution < -0.4 is 10.6 Å². The van der Waals surface area contributed by atoms with Gasteiger partial charge in [0.2, 0.25) is 16.0 Å². The summed E-state index contributed by atoms with van der Waals surface area (Å²) in [7, 11) is -3.35. The molecule has 2 aromatic rings. The van der Waals surface area contributed by atoms with Crippen LogP contribution in [0.4, 0.5) is 19.1 Å². The number of hydrogen-bond donors (Lipinski definition) is 3. The lowest BCUT2D eigenvalue weighted by Crippen LogP contribution is -2.43. The van der Waals surface area contributed by atoms with Gasteiger partial charge in [0.1, 0.15) is 5.56 Å². The fraction of sp³-hybridized carbons (Fsp3) is 0.696. The van der Waals surface area contributed by atoms with E-state index in [1.165, 1.54) is 21.4 Å². The number of aliphatic hydroxyl groups is 1. The Balaban J connectivity index is 1.39. The maximum Gasteiger partial charge on any atom is 0.419 e. The van der Waals surface area contributed by atoms with E-state index in [2.05, 4.69) is 25.7 Å². The number of anilines is 1. The molecule has 2 aromatic heterocycles. The lowest BCUT2D eigenvalue weighted by molar-refractivity contribution is -0.137. The van der Waals surface area contributed by atoms with Gasteiger partial charge in [0.25, 0.3) is 0 Å². The molecule has 14 heteroatoms. The van der Waals surface area contributed by atoms with Gasteiger partial charge in [-0.25, -0.2) is 22.7 Å². The van der Waals surface area contributed by atoms with Gasteiger partial charge in [0.05, 0.1) is 29.8 Å². The summed E-state index contributed by atoms with van der Waals surface area (Å²) in [5.41, 5.74) is -2.24. The summed E-state index contributed by atoms with van der Waals surface area (Å²) < 4.78 is 69.2. The van der Waals surface area contributed by atoms with Crippen LogP contribution in [0.1, 0.15) is 51.5 Å². The third-order valence-corrected chi connectivity index (χ3v) is 8.28. The van der Waals surface area contributed by atoms with Crippen molar-refractivity contribution in [1.29, 1.82) is 0 Å². The van der Waals surface area contributed by atoms with Crippen LogP contribution in [0.5, 0.6) is 0 Å². The summed E-state index contributed by atoms with van der Waals surface area (Å²) in [4.78, 5) is 8.03. The SMILES string of the molecule is CC(C)(O)Cn1cc(-c2nc(NC3CCN(S(=O)(=O)CCCNC4CC4)CC3)ncc2C(F)(F)F)cn1. The predicted octanol–water partition coefficient (Wildman–Crippen LogP) is 2.48. The molecular formula is C23H34F3N7O3S. The van der Waals surface area contributed by atoms with Crippen molar-refractivity contribution < 1.29 is 26.7 Å². The lowest BCUT2D eigenvalue weighted by atomic mass is 10.1. The number of nitrogens with zero attached hydrogens (tertiary/aromatic N) is 5. The standard InChI is InChI=1S/C23H34F3N7O3S/c1-22(2,34)15-32-14-16(12-29-32)20-19(23(24,25)26)13-28-21(31-20)30-18-6-9-33(10-7-18)37(35,36)11-3-8-27-17-4-5-17/h12-14,17-18,27,34H,3-11,15H2,1-2H3,(H,28,30,31). The van der Waals surface area contributed by atoms with Crippen LogP contribution in [-0.2, 0) is 22.7 Å². The summed E-state index contributed by atoms with van der Waals surface area (Å²) >= 11 is 0. The second-order valence-corrected chi connectivity index (χ2v) is 12.5. The first-order valence-corrected chi connectivity index (χ1v) is 14.1. The minimum absolute atomic E-state index is 0.0331. The number of sulfonamides is 1. The second kappa shape index (κ2) is 10.8. The number of aromatic nitrogens is 4. The van der Waals surface area contributed by atoms with Crippen LogP contribution in [0.15, 0.2) is 18.6 Å². The Labute approximate surface area is 214 Å². The first-order valence-electron chi connectivity index (χ1n) is 12.5. The molecule has 2 aliphatic rings. The number of hydrogen-bond acceptors (Lipinski definition) is 8. The Bertz CT molecular complexity index is 1170. The maximum atomic E-state index is 13.7. The van der Waals surface area contributed by atoms with Crippen molar-refractivity contribution in [2.75, 3.05) is 30.7 Å². The number of halogens is 3. The van der Waals surface area contributed by atoms with Crippen molar-refractivity contribution in [2.45, 2.75) is 76.4 Å². The molecule has 37 heavy (non-hydrogen) atoms. The molecule has 0 amide bonds. The summed E-state index contributed by atoms with van der Waals surface area (Å²) in [6, 6.07) is 0.367. The second-order valence-electron chi connectivity index (χ2n) is 10.4. The highest BCUT2D eigenvalue weighted by Gasteiger charge is 2.36. The average Bonchev–Trinajstić information content (AvgIpc) is 3.52. The van der Waals surface area contributed by atoms with E-state index in [0.29, 0.717) is 44.9 Å². The Morgan fingerprint density at radius 3 is 2.43 bits per heavy atom. The van der Waals surface area contributed by atoms with Gasteiger partial charge in [-0.1, -0.05) is 0 Å². The van der Waals surface area contributed by atoms with Gasteiger partial charge >= 0.3 is 6.18 Å². The molecule has 0 spiro atoms. The third kappa shape index (κ3) is 7.85. The van der Waals surface area contributed by atoms with Crippen LogP contribution in [0.25, 0.3) is 11.3 Å². The van der Waals surface area contributed by atoms with E-state index in [9.17, 15) is 26.7 Å². The molecule has 0 aromatic carbocycles. The fourth-order valence-corrected chi connectivity index (χ4v) is 5.82. The van der Waals surface area contributed by atoms with Gasteiger partial charge in [0.15, 0.2) is 0 Å². The molecule has 2 fully saturated rings. The van der Waals surface area contributed by atoms with E-state index < -0.39 is 27.4 Å². The molecule has 1 aliphatic carbocycles. The maximum absolute atomic E-state index is 13.7. The van der Waals surface area contributed by atoms with Crippen molar-refractivity contribution in [2.24, 2.45) is 0 Å². The van der Waals surface area contributed by atoms with Crippen LogP contribution in [0, 0.1) is 0 Å². The average molecular weight is 546 g/mol. The van der Waals surface area contributed by atoms with E-state index in [1.54, 1.807) is 13.8 Å². The van der Waals surface area contributed by atoms with E-state index in [1.807, 2.05) is 0 Å². The Kier molecular flexibility index (Phi) is 8.12. The van der Waals surface area contributed by atoms with Crippen molar-refractivity contribution in [3.05, 3.63) is 24.2 Å². The number of rotatable bonds is 11. The molecule has 0 radical (unpaired) electrons. The number of alkyl halides is 3. The lowest BCUT2D eigenvalue weighted by Gasteiger charge is -2.31. The topological polar surface area (TPSA) is 125 Å². The molecule has 1 saturated heterocycles. The fourth-order valence-electron chi connectivity index (χ4n) is 4.29. The molecule has 0 bridgehead atoms. The molecule has 10 nitrogen and oxygen atoms in total. The van der Waals surface area contributed by atoms with E-state index >= 15 is 0 Å². The highest BCUT2D eigenvalue weighted by Crippen LogP contribution is 2.36. The van der Waals surface area contributed by atoms with Crippen LogP contribution >= 0.6 is 0 Å². The van der Waals surface area contributed by atoms with Crippen molar-refractivity contribution in [1.82, 2.24) is 29.4 Å². The highest BCUT2D eigenvalue weighted by molar-refractivity contribution is 7.89. The molecule has 206 valence electrons. The van der Waals surface area contributed by atoms with E-state index in [0.717, 1.165) is 19.0 Å². The predicted molar refractivity (Wildman–Crippen MR) is 132 cm³/mol. The van der Waals surface area contributed by atoms with Gasteiger partial charge in [-0.05, 0) is 52.5 Å². The number of piperidine rings is 1. The minimum atomic E-state index is -4.67. The largest absolute Gasteiger partial charge is 0.419 e. The Morgan fingerprint density at radius 2 is 1.81 bits per heavy atom. The van der Waals surface area contributed by atoms with Gasteiger partial charge in [-0.3, -0.25) is 4.68 Å². The first-order chi connectivity index (χ1) is 17.3. The van der Waals surface area contributed by atoms with Crippen molar-refractivity contribution in [3.63, 3.8) is 0 Å². The molecule has 1 saturated carbocycles. The van der Waals surface area contributed by atoms with Crippen LogP contribution in [0.3, 0.4) is 0 Å². The molecular weight excluding hydrogens is 511 g/mol. The van der Waals surface area contributed by atoms with Crippen LogP contribution in [0.2, 0.25) is 0 Å². The van der Waals surface area contributed by atoms with Gasteiger partial charge < -0.3 is 15.7 Å². The molecule has 0 atom stereocenters. The van der Waals surface area contributed by atoms with Gasteiger partial charge in [-0.15, -0.1) is 0 Å². The molecule has 1 aliphatic heterocycles. The third-order valence-electron chi connectivity index (χ3n) is 6.32. The monoisotopic (exact) mass is 545 g/mol. The Hall–Kier alpha value is -2.29. The van der Waals surface area contributed by atoms with E-state index in [-0.39, 0.29) is 35.5 Å². The zero-order valence-electron chi connectivity index (χ0n) is 21.0. The van der Waals surface area contributed by atoms with Gasteiger partial charge in [-0.2, -0.15) is 18.3 Å². The summed E-state index contributed by atoms with van der Waals surface area (Å²) in [5.74, 6) is 0.128. The van der Waals surface area contributed by atoms with Crippen molar-refractivity contribution in [3.8, 4) is 11.3 Å². The molecule has 3 N–H and O–H groups in total. The molecule has 3 heterocycles. The molecule has 4 rings (SSSR count). The van der Waals surface area contributed by atoms with Gasteiger partial charge in [0, 0.05) is 43.1 Å². The summed E-state index contributed by atoms with van der Waals surface area (Å²) in [5, 5.41) is 20.4. The smallest absolute Gasteiger partial charge is 0.389 e. The van der Waals surface area contributed by atoms with Crippen molar-refractivity contribution >= 4 is 16.0 Å². The van der Waals surface area contributed by atoms with Crippen LogP contribution in [-0.4, -0.2) is 80.6 Å². The first kappa shape index (κ1) is 27.7. The minimum Gasteiger partial charge on any atom is -0.389 e. The zero-order valence-corrected chi connectivity index (χ0v) is 21.8. The summed E-state index contributed by atoms with van der Waals surface area (Å²) in [6.07, 6.45) is 2.61. The molecule has 0 unspecified atom stereocenters.